The summed E-state index contributed by atoms with van der Waals surface area (Å²) >= 11 is 0. The van der Waals surface area contributed by atoms with Crippen LogP contribution >= 0.6 is 0 Å². The van der Waals surface area contributed by atoms with E-state index in [4.69, 9.17) is 15.2 Å². The highest BCUT2D eigenvalue weighted by molar-refractivity contribution is 6.00. The summed E-state index contributed by atoms with van der Waals surface area (Å²) < 4.78 is 13.6. The number of ether oxygens (including phenoxy) is 2. The van der Waals surface area contributed by atoms with Crippen LogP contribution in [0.15, 0.2) is 67.1 Å². The van der Waals surface area contributed by atoms with Gasteiger partial charge in [0.05, 0.1) is 5.39 Å². The van der Waals surface area contributed by atoms with Crippen molar-refractivity contribution >= 4 is 22.9 Å². The summed E-state index contributed by atoms with van der Waals surface area (Å²) in [5.74, 6) is 1.63. The van der Waals surface area contributed by atoms with Crippen molar-refractivity contribution in [3.63, 3.8) is 0 Å². The topological polar surface area (TPSA) is 108 Å². The second-order valence-corrected chi connectivity index (χ2v) is 10.2. The van der Waals surface area contributed by atoms with E-state index in [1.165, 1.54) is 6.33 Å². The molecule has 0 spiro atoms. The van der Waals surface area contributed by atoms with E-state index in [1.54, 1.807) is 0 Å². The normalized spacial score (nSPS) is 16.6. The highest BCUT2D eigenvalue weighted by Crippen LogP contribution is 2.43. The number of nitrogen functional groups attached to an aromatic ring is 1. The number of hydrogen-bond acceptors (Lipinski definition) is 7. The average Bonchev–Trinajstić information content (AvgIpc) is 3.35. The van der Waals surface area contributed by atoms with Crippen LogP contribution in [0, 0.1) is 5.92 Å². The summed E-state index contributed by atoms with van der Waals surface area (Å²) in [6.45, 7) is 8.36. The molecule has 1 fully saturated rings. The number of nitrogens with two attached hydrogens (primary N) is 1. The van der Waals surface area contributed by atoms with E-state index < -0.39 is 0 Å². The molecule has 4 aromatic rings. The summed E-state index contributed by atoms with van der Waals surface area (Å²) in [4.78, 5) is 23.2. The van der Waals surface area contributed by atoms with E-state index in [1.807, 2.05) is 48.5 Å². The van der Waals surface area contributed by atoms with Gasteiger partial charge in [0.15, 0.2) is 0 Å². The standard InChI is InChI=1S/C31H38N6O3/c1-3-36(4-2)13-14-39-31(38)33-18-23-15-25(16-23)37-19-27(28-29(32)34-21-35-30(28)37)24-11-8-12-26(17-24)40-20-22-9-6-5-7-10-22/h5-12,17,19,21,23,25H,3-4,13-16,18,20H2,1-2H3,(H,33,38)(H2,32,34,35)/t23-,25-. The summed E-state index contributed by atoms with van der Waals surface area (Å²) in [6.07, 6.45) is 5.17. The van der Waals surface area contributed by atoms with Crippen LogP contribution in [0.3, 0.4) is 0 Å². The van der Waals surface area contributed by atoms with Crippen molar-refractivity contribution in [2.24, 2.45) is 5.92 Å². The summed E-state index contributed by atoms with van der Waals surface area (Å²) in [5.41, 5.74) is 10.3. The van der Waals surface area contributed by atoms with Gasteiger partial charge < -0.3 is 30.0 Å². The monoisotopic (exact) mass is 542 g/mol. The third-order valence-corrected chi connectivity index (χ3v) is 7.71. The Bertz CT molecular complexity index is 1410. The van der Waals surface area contributed by atoms with E-state index in [9.17, 15) is 4.79 Å². The summed E-state index contributed by atoms with van der Waals surface area (Å²) in [6, 6.07) is 18.4. The van der Waals surface area contributed by atoms with Gasteiger partial charge >= 0.3 is 6.09 Å². The van der Waals surface area contributed by atoms with Gasteiger partial charge in [-0.05, 0) is 55.1 Å². The number of fused-ring (bicyclic) bond motifs is 1. The fraction of sp³-hybridized carbons (Fsp3) is 0.387. The molecule has 1 amide bonds. The molecule has 2 aromatic carbocycles. The number of carbonyl (C=O) groups is 1. The van der Waals surface area contributed by atoms with Crippen LogP contribution in [0.1, 0.15) is 38.3 Å². The van der Waals surface area contributed by atoms with E-state index in [0.29, 0.717) is 31.5 Å². The first-order valence-electron chi connectivity index (χ1n) is 14.1. The Labute approximate surface area is 235 Å². The first-order chi connectivity index (χ1) is 19.6. The smallest absolute Gasteiger partial charge is 0.407 e. The van der Waals surface area contributed by atoms with Gasteiger partial charge in [0.25, 0.3) is 0 Å². The molecule has 0 radical (unpaired) electrons. The van der Waals surface area contributed by atoms with Gasteiger partial charge in [-0.15, -0.1) is 0 Å². The first-order valence-corrected chi connectivity index (χ1v) is 14.1. The van der Waals surface area contributed by atoms with Crippen LogP contribution in [-0.2, 0) is 11.3 Å². The third-order valence-electron chi connectivity index (χ3n) is 7.71. The van der Waals surface area contributed by atoms with Gasteiger partial charge in [-0.3, -0.25) is 0 Å². The molecule has 0 unspecified atom stereocenters. The molecule has 2 aromatic heterocycles. The summed E-state index contributed by atoms with van der Waals surface area (Å²) in [7, 11) is 0. The maximum Gasteiger partial charge on any atom is 0.407 e. The summed E-state index contributed by atoms with van der Waals surface area (Å²) in [5, 5.41) is 3.77. The highest BCUT2D eigenvalue weighted by Gasteiger charge is 2.33. The van der Waals surface area contributed by atoms with Crippen molar-refractivity contribution in [2.75, 3.05) is 38.5 Å². The van der Waals surface area contributed by atoms with Crippen molar-refractivity contribution in [3.8, 4) is 16.9 Å². The molecular formula is C31H38N6O3. The van der Waals surface area contributed by atoms with Gasteiger partial charge in [0.2, 0.25) is 0 Å². The second kappa shape index (κ2) is 12.8. The number of anilines is 1. The van der Waals surface area contributed by atoms with Gasteiger partial charge in [0.1, 0.15) is 36.8 Å². The second-order valence-electron chi connectivity index (χ2n) is 10.2. The van der Waals surface area contributed by atoms with Crippen LogP contribution in [0.25, 0.3) is 22.2 Å². The van der Waals surface area contributed by atoms with Gasteiger partial charge in [-0.1, -0.05) is 56.3 Å². The lowest BCUT2D eigenvalue weighted by molar-refractivity contribution is 0.122. The van der Waals surface area contributed by atoms with Gasteiger partial charge in [-0.25, -0.2) is 14.8 Å². The Morgan fingerprint density at radius 1 is 1.10 bits per heavy atom. The Balaban J connectivity index is 1.23. The molecule has 1 saturated carbocycles. The lowest BCUT2D eigenvalue weighted by Gasteiger charge is -2.36. The fourth-order valence-corrected chi connectivity index (χ4v) is 5.28. The van der Waals surface area contributed by atoms with Gasteiger partial charge in [0, 0.05) is 30.9 Å². The maximum atomic E-state index is 12.1. The number of nitrogens with zero attached hydrogens (tertiary/aromatic N) is 4. The Morgan fingerprint density at radius 2 is 1.90 bits per heavy atom. The van der Waals surface area contributed by atoms with Crippen LogP contribution in [0.5, 0.6) is 5.75 Å². The largest absolute Gasteiger partial charge is 0.489 e. The quantitative estimate of drug-likeness (QED) is 0.251. The molecule has 3 N–H and O–H groups in total. The van der Waals surface area contributed by atoms with E-state index in [0.717, 1.165) is 65.9 Å². The number of hydrogen-bond donors (Lipinski definition) is 2. The Kier molecular flexibility index (Phi) is 8.81. The number of rotatable bonds is 12. The number of likely N-dealkylation sites (N-methyl/N-ethyl adjacent to an activating group) is 1. The van der Waals surface area contributed by atoms with Crippen LogP contribution in [0.2, 0.25) is 0 Å². The minimum absolute atomic E-state index is 0.272. The third kappa shape index (κ3) is 6.37. The molecule has 9 nitrogen and oxygen atoms in total. The van der Waals surface area contributed by atoms with Crippen LogP contribution < -0.4 is 15.8 Å². The van der Waals surface area contributed by atoms with Crippen LogP contribution in [-0.4, -0.2) is 58.3 Å². The predicted octanol–water partition coefficient (Wildman–Crippen LogP) is 5.28. The number of nitrogens with one attached hydrogen (secondary N) is 1. The molecule has 1 aliphatic rings. The Morgan fingerprint density at radius 3 is 2.67 bits per heavy atom. The Hall–Kier alpha value is -4.11. The molecule has 0 atom stereocenters. The SMILES string of the molecule is CCN(CC)CCOC(=O)NC[C@H]1C[C@H](n2cc(-c3cccc(OCc4ccccc4)c3)c3c(N)ncnc32)C1. The zero-order valence-corrected chi connectivity index (χ0v) is 23.3. The molecular weight excluding hydrogens is 504 g/mol. The zero-order valence-electron chi connectivity index (χ0n) is 23.3. The maximum absolute atomic E-state index is 12.1. The number of amides is 1. The van der Waals surface area contributed by atoms with Crippen LogP contribution in [0.4, 0.5) is 10.6 Å². The first kappa shape index (κ1) is 27.5. The van der Waals surface area contributed by atoms with Crippen molar-refractivity contribution in [3.05, 3.63) is 72.7 Å². The lowest BCUT2D eigenvalue weighted by Crippen LogP contribution is -2.38. The number of benzene rings is 2. The molecule has 0 bridgehead atoms. The van der Waals surface area contributed by atoms with Crippen molar-refractivity contribution in [1.29, 1.82) is 0 Å². The van der Waals surface area contributed by atoms with E-state index in [2.05, 4.69) is 50.9 Å². The fourth-order valence-electron chi connectivity index (χ4n) is 5.28. The van der Waals surface area contributed by atoms with Crippen molar-refractivity contribution < 1.29 is 14.3 Å². The molecule has 5 rings (SSSR count). The lowest BCUT2D eigenvalue weighted by atomic mass is 9.80. The number of alkyl carbamates (subject to hydrolysis) is 1. The highest BCUT2D eigenvalue weighted by atomic mass is 16.5. The van der Waals surface area contributed by atoms with E-state index in [-0.39, 0.29) is 12.1 Å². The minimum atomic E-state index is -0.348. The molecule has 9 heteroatoms. The number of carbonyl (C=O) groups excluding carboxylic acids is 1. The zero-order chi connectivity index (χ0) is 27.9. The molecule has 0 saturated heterocycles. The molecule has 210 valence electrons. The molecule has 2 heterocycles. The number of aromatic nitrogens is 3. The minimum Gasteiger partial charge on any atom is -0.489 e. The average molecular weight is 543 g/mol. The van der Waals surface area contributed by atoms with E-state index >= 15 is 0 Å². The predicted molar refractivity (Wildman–Crippen MR) is 157 cm³/mol. The van der Waals surface area contributed by atoms with Crippen molar-refractivity contribution in [2.45, 2.75) is 39.3 Å². The molecule has 1 aliphatic carbocycles. The molecule has 0 aliphatic heterocycles. The molecule has 40 heavy (non-hydrogen) atoms. The van der Waals surface area contributed by atoms with Gasteiger partial charge in [-0.2, -0.15) is 0 Å². The van der Waals surface area contributed by atoms with Crippen molar-refractivity contribution in [1.82, 2.24) is 24.8 Å².